The van der Waals surface area contributed by atoms with Gasteiger partial charge in [0.15, 0.2) is 5.96 Å². The number of halogens is 4. The molecule has 0 unspecified atom stereocenters. The lowest BCUT2D eigenvalue weighted by atomic mass is 10.1. The molecular weight excluding hydrogens is 242 g/mol. The van der Waals surface area contributed by atoms with Gasteiger partial charge in [0.1, 0.15) is 5.82 Å². The van der Waals surface area contributed by atoms with Crippen molar-refractivity contribution in [2.45, 2.75) is 6.18 Å². The number of hydrogen-bond acceptors (Lipinski definition) is 1. The lowest BCUT2D eigenvalue weighted by Crippen LogP contribution is -2.24. The van der Waals surface area contributed by atoms with Crippen LogP contribution in [0, 0.1) is 5.82 Å². The van der Waals surface area contributed by atoms with Crippen molar-refractivity contribution in [2.24, 2.45) is 16.5 Å². The zero-order chi connectivity index (χ0) is 13.2. The molecule has 1 aromatic rings. The first-order valence-electron chi connectivity index (χ1n) is 4.23. The molecule has 0 fully saturated rings. The van der Waals surface area contributed by atoms with E-state index in [0.717, 1.165) is 12.1 Å². The summed E-state index contributed by atoms with van der Waals surface area (Å²) >= 11 is 0. The van der Waals surface area contributed by atoms with Crippen molar-refractivity contribution in [3.63, 3.8) is 0 Å². The average molecular weight is 249 g/mol. The Morgan fingerprint density at radius 3 is 2.29 bits per heavy atom. The van der Waals surface area contributed by atoms with E-state index in [-0.39, 0.29) is 0 Å². The number of alkyl halides is 3. The fraction of sp³-hybridized carbons (Fsp3) is 0.111. The Balaban J connectivity index is 3.29. The molecule has 1 aromatic carbocycles. The van der Waals surface area contributed by atoms with Crippen molar-refractivity contribution in [1.29, 1.82) is 0 Å². The topological polar surface area (TPSA) is 81.5 Å². The Morgan fingerprint density at radius 1 is 1.24 bits per heavy atom. The van der Waals surface area contributed by atoms with Gasteiger partial charge in [-0.15, -0.1) is 0 Å². The fourth-order valence-electron chi connectivity index (χ4n) is 1.09. The highest BCUT2D eigenvalue weighted by Crippen LogP contribution is 2.32. The summed E-state index contributed by atoms with van der Waals surface area (Å²) in [4.78, 5) is 14.2. The number of guanidine groups is 1. The van der Waals surface area contributed by atoms with Gasteiger partial charge in [-0.05, 0) is 12.1 Å². The van der Waals surface area contributed by atoms with E-state index in [4.69, 9.17) is 11.5 Å². The van der Waals surface area contributed by atoms with Crippen LogP contribution in [0.4, 0.5) is 17.6 Å². The first kappa shape index (κ1) is 12.9. The standard InChI is InChI=1S/C9H7F4N3O/c10-6-4(7(17)16-8(14)15)2-1-3-5(6)9(11,12)13/h1-3H,(H4,14,15,16,17). The van der Waals surface area contributed by atoms with Crippen molar-refractivity contribution in [3.8, 4) is 0 Å². The van der Waals surface area contributed by atoms with Gasteiger partial charge in [-0.1, -0.05) is 6.07 Å². The Bertz CT molecular complexity index is 478. The molecule has 0 spiro atoms. The van der Waals surface area contributed by atoms with Crippen molar-refractivity contribution in [2.75, 3.05) is 0 Å². The maximum absolute atomic E-state index is 13.4. The largest absolute Gasteiger partial charge is 0.419 e. The Hall–Kier alpha value is -2.12. The van der Waals surface area contributed by atoms with Gasteiger partial charge in [-0.2, -0.15) is 18.2 Å². The van der Waals surface area contributed by atoms with Gasteiger partial charge in [-0.3, -0.25) is 4.79 Å². The van der Waals surface area contributed by atoms with E-state index >= 15 is 0 Å². The van der Waals surface area contributed by atoms with E-state index in [9.17, 15) is 22.4 Å². The van der Waals surface area contributed by atoms with Gasteiger partial charge in [0, 0.05) is 0 Å². The number of nitrogens with zero attached hydrogens (tertiary/aromatic N) is 1. The molecule has 1 rings (SSSR count). The monoisotopic (exact) mass is 249 g/mol. The first-order valence-corrected chi connectivity index (χ1v) is 4.23. The number of rotatable bonds is 1. The maximum atomic E-state index is 13.4. The van der Waals surface area contributed by atoms with E-state index in [0.29, 0.717) is 6.07 Å². The van der Waals surface area contributed by atoms with Crippen LogP contribution in [0.5, 0.6) is 0 Å². The summed E-state index contributed by atoms with van der Waals surface area (Å²) in [6, 6.07) is 2.27. The number of aliphatic imine (C=N–C) groups is 1. The van der Waals surface area contributed by atoms with Crippen LogP contribution in [0.2, 0.25) is 0 Å². The minimum Gasteiger partial charge on any atom is -0.370 e. The van der Waals surface area contributed by atoms with Crippen LogP contribution >= 0.6 is 0 Å². The van der Waals surface area contributed by atoms with Gasteiger partial charge >= 0.3 is 6.18 Å². The molecule has 0 aromatic heterocycles. The normalized spacial score (nSPS) is 11.1. The number of carbonyl (C=O) groups is 1. The summed E-state index contributed by atoms with van der Waals surface area (Å²) in [5.41, 5.74) is 7.35. The highest BCUT2D eigenvalue weighted by Gasteiger charge is 2.35. The zero-order valence-corrected chi connectivity index (χ0v) is 8.25. The Labute approximate surface area is 92.9 Å². The summed E-state index contributed by atoms with van der Waals surface area (Å²) in [7, 11) is 0. The number of nitrogens with two attached hydrogens (primary N) is 2. The van der Waals surface area contributed by atoms with Crippen LogP contribution in [0.15, 0.2) is 23.2 Å². The van der Waals surface area contributed by atoms with Crippen molar-refractivity contribution < 1.29 is 22.4 Å². The summed E-state index contributed by atoms with van der Waals surface area (Å²) in [5, 5.41) is 0. The molecule has 8 heteroatoms. The van der Waals surface area contributed by atoms with Crippen LogP contribution < -0.4 is 11.5 Å². The zero-order valence-electron chi connectivity index (χ0n) is 8.25. The molecule has 0 radical (unpaired) electrons. The summed E-state index contributed by atoms with van der Waals surface area (Å²) < 4.78 is 50.3. The predicted octanol–water partition coefficient (Wildman–Crippen LogP) is 1.26. The van der Waals surface area contributed by atoms with Gasteiger partial charge in [0.25, 0.3) is 5.91 Å². The van der Waals surface area contributed by atoms with Crippen molar-refractivity contribution in [3.05, 3.63) is 35.1 Å². The van der Waals surface area contributed by atoms with E-state index in [1.54, 1.807) is 0 Å². The van der Waals surface area contributed by atoms with Gasteiger partial charge in [0.2, 0.25) is 0 Å². The first-order chi connectivity index (χ1) is 7.73. The third kappa shape index (κ3) is 2.92. The van der Waals surface area contributed by atoms with E-state index in [1.807, 2.05) is 0 Å². The summed E-state index contributed by atoms with van der Waals surface area (Å²) in [5.74, 6) is -3.63. The van der Waals surface area contributed by atoms with Gasteiger partial charge in [-0.25, -0.2) is 4.39 Å². The van der Waals surface area contributed by atoms with Crippen LogP contribution in [0.25, 0.3) is 0 Å². The molecule has 0 saturated carbocycles. The summed E-state index contributed by atoms with van der Waals surface area (Å²) in [6.45, 7) is 0. The molecule has 0 saturated heterocycles. The number of benzene rings is 1. The van der Waals surface area contributed by atoms with Crippen LogP contribution in [0.3, 0.4) is 0 Å². The molecule has 0 aliphatic heterocycles. The Morgan fingerprint density at radius 2 is 1.82 bits per heavy atom. The SMILES string of the molecule is NC(N)=NC(=O)c1cccc(C(F)(F)F)c1F. The second-order valence-corrected chi connectivity index (χ2v) is 3.01. The molecule has 4 nitrogen and oxygen atoms in total. The van der Waals surface area contributed by atoms with Gasteiger partial charge in [0.05, 0.1) is 11.1 Å². The third-order valence-corrected chi connectivity index (χ3v) is 1.77. The minimum atomic E-state index is -4.89. The molecule has 0 atom stereocenters. The van der Waals surface area contributed by atoms with E-state index in [2.05, 4.69) is 4.99 Å². The smallest absolute Gasteiger partial charge is 0.370 e. The van der Waals surface area contributed by atoms with E-state index < -0.39 is 35.0 Å². The van der Waals surface area contributed by atoms with Crippen LogP contribution in [-0.2, 0) is 6.18 Å². The quantitative estimate of drug-likeness (QED) is 0.446. The fourth-order valence-corrected chi connectivity index (χ4v) is 1.09. The highest BCUT2D eigenvalue weighted by molar-refractivity contribution is 6.02. The molecule has 0 heterocycles. The minimum absolute atomic E-state index is 0.516. The van der Waals surface area contributed by atoms with Crippen molar-refractivity contribution >= 4 is 11.9 Å². The lowest BCUT2D eigenvalue weighted by molar-refractivity contribution is -0.140. The Kier molecular flexibility index (Phi) is 3.35. The number of carbonyl (C=O) groups excluding carboxylic acids is 1. The summed E-state index contributed by atoms with van der Waals surface area (Å²) in [6.07, 6.45) is -4.89. The average Bonchev–Trinajstić information content (AvgIpc) is 2.14. The molecule has 0 aliphatic carbocycles. The third-order valence-electron chi connectivity index (χ3n) is 1.77. The number of amides is 1. The highest BCUT2D eigenvalue weighted by atomic mass is 19.4. The maximum Gasteiger partial charge on any atom is 0.419 e. The molecular formula is C9H7F4N3O. The van der Waals surface area contributed by atoms with Crippen LogP contribution in [0.1, 0.15) is 15.9 Å². The molecule has 0 bridgehead atoms. The molecule has 0 aliphatic rings. The molecule has 92 valence electrons. The van der Waals surface area contributed by atoms with Crippen molar-refractivity contribution in [1.82, 2.24) is 0 Å². The molecule has 17 heavy (non-hydrogen) atoms. The van der Waals surface area contributed by atoms with Gasteiger partial charge < -0.3 is 11.5 Å². The van der Waals surface area contributed by atoms with E-state index in [1.165, 1.54) is 0 Å². The second kappa shape index (κ2) is 4.40. The molecule has 4 N–H and O–H groups in total. The van der Waals surface area contributed by atoms with Crippen LogP contribution in [-0.4, -0.2) is 11.9 Å². The molecule has 1 amide bonds. The predicted molar refractivity (Wildman–Crippen MR) is 51.5 cm³/mol. The lowest BCUT2D eigenvalue weighted by Gasteiger charge is -2.09. The second-order valence-electron chi connectivity index (χ2n) is 3.01. The number of hydrogen-bond donors (Lipinski definition) is 2.